The summed E-state index contributed by atoms with van der Waals surface area (Å²) >= 11 is 3.32. The van der Waals surface area contributed by atoms with Gasteiger partial charge in [0.15, 0.2) is 0 Å². The molecule has 0 unspecified atom stereocenters. The van der Waals surface area contributed by atoms with E-state index in [0.717, 1.165) is 9.99 Å². The van der Waals surface area contributed by atoms with E-state index in [2.05, 4.69) is 15.9 Å². The summed E-state index contributed by atoms with van der Waals surface area (Å²) in [5.74, 6) is -0.982. The van der Waals surface area contributed by atoms with Gasteiger partial charge in [0.25, 0.3) is 0 Å². The molecule has 1 aromatic heterocycles. The number of nitriles is 1. The van der Waals surface area contributed by atoms with Crippen LogP contribution in [0.5, 0.6) is 0 Å². The van der Waals surface area contributed by atoms with Crippen LogP contribution in [0.15, 0.2) is 28.9 Å². The number of aromatic carboxylic acids is 1. The van der Waals surface area contributed by atoms with E-state index in [0.29, 0.717) is 5.39 Å². The largest absolute Gasteiger partial charge is 0.478 e. The maximum Gasteiger partial charge on any atom is 0.337 e. The van der Waals surface area contributed by atoms with Crippen molar-refractivity contribution in [1.29, 1.82) is 5.26 Å². The summed E-state index contributed by atoms with van der Waals surface area (Å²) in [4.78, 5) is 11.0. The molecule has 4 nitrogen and oxygen atoms in total. The third-order valence-corrected chi connectivity index (χ3v) is 2.81. The number of aromatic nitrogens is 1. The molecule has 0 fully saturated rings. The number of carboxylic acid groups (broad SMARTS) is 1. The minimum absolute atomic E-state index is 0.139. The lowest BCUT2D eigenvalue weighted by molar-refractivity contribution is 0.0699. The maximum atomic E-state index is 11.0. The van der Waals surface area contributed by atoms with Crippen LogP contribution in [-0.2, 0) is 6.54 Å². The Morgan fingerprint density at radius 2 is 2.31 bits per heavy atom. The molecule has 0 aliphatic carbocycles. The van der Waals surface area contributed by atoms with Crippen LogP contribution in [0, 0.1) is 11.3 Å². The van der Waals surface area contributed by atoms with Crippen LogP contribution in [0.4, 0.5) is 0 Å². The molecule has 0 aliphatic heterocycles. The molecule has 0 bridgehead atoms. The van der Waals surface area contributed by atoms with Crippen LogP contribution in [0.1, 0.15) is 10.4 Å². The van der Waals surface area contributed by atoms with Gasteiger partial charge in [-0.15, -0.1) is 0 Å². The molecule has 80 valence electrons. The van der Waals surface area contributed by atoms with Gasteiger partial charge < -0.3 is 9.67 Å². The van der Waals surface area contributed by atoms with Crippen LogP contribution >= 0.6 is 15.9 Å². The van der Waals surface area contributed by atoms with E-state index in [-0.39, 0.29) is 12.1 Å². The molecule has 1 aromatic carbocycles. The van der Waals surface area contributed by atoms with Crippen molar-refractivity contribution in [3.8, 4) is 6.07 Å². The molecule has 0 saturated heterocycles. The highest BCUT2D eigenvalue weighted by molar-refractivity contribution is 9.10. The third-order valence-electron chi connectivity index (χ3n) is 2.32. The number of fused-ring (bicyclic) bond motifs is 1. The van der Waals surface area contributed by atoms with Gasteiger partial charge in [-0.25, -0.2) is 4.79 Å². The Morgan fingerprint density at radius 1 is 1.56 bits per heavy atom. The Bertz CT molecular complexity index is 610. The van der Waals surface area contributed by atoms with Crippen molar-refractivity contribution >= 4 is 32.8 Å². The second-order valence-electron chi connectivity index (χ2n) is 3.30. The van der Waals surface area contributed by atoms with Crippen molar-refractivity contribution in [2.75, 3.05) is 0 Å². The Balaban J connectivity index is 2.77. The molecule has 0 amide bonds. The topological polar surface area (TPSA) is 66.0 Å². The van der Waals surface area contributed by atoms with Gasteiger partial charge in [0, 0.05) is 16.1 Å². The number of hydrogen-bond acceptors (Lipinski definition) is 2. The summed E-state index contributed by atoms with van der Waals surface area (Å²) in [5.41, 5.74) is 0.964. The highest BCUT2D eigenvalue weighted by Gasteiger charge is 2.13. The first-order chi connectivity index (χ1) is 7.63. The second kappa shape index (κ2) is 3.99. The van der Waals surface area contributed by atoms with E-state index < -0.39 is 5.97 Å². The van der Waals surface area contributed by atoms with Crippen LogP contribution in [-0.4, -0.2) is 15.6 Å². The lowest BCUT2D eigenvalue weighted by Crippen LogP contribution is -1.95. The fraction of sp³-hybridized carbons (Fsp3) is 0.0909. The zero-order valence-electron chi connectivity index (χ0n) is 8.14. The number of benzene rings is 1. The SMILES string of the molecule is N#CCn1cc(C(=O)O)c2ccc(Br)cc21. The van der Waals surface area contributed by atoms with E-state index in [1.54, 1.807) is 22.8 Å². The smallest absolute Gasteiger partial charge is 0.337 e. The number of hydrogen-bond donors (Lipinski definition) is 1. The first-order valence-electron chi connectivity index (χ1n) is 4.52. The van der Waals surface area contributed by atoms with Gasteiger partial charge in [-0.3, -0.25) is 0 Å². The molecule has 5 heteroatoms. The molecule has 1 N–H and O–H groups in total. The standard InChI is InChI=1S/C11H7BrN2O2/c12-7-1-2-8-9(11(15)16)6-14(4-3-13)10(8)5-7/h1-2,5-6H,4H2,(H,15,16). The number of nitrogens with zero attached hydrogens (tertiary/aromatic N) is 2. The van der Waals surface area contributed by atoms with Gasteiger partial charge in [0.1, 0.15) is 6.54 Å². The van der Waals surface area contributed by atoms with Crippen molar-refractivity contribution in [3.63, 3.8) is 0 Å². The minimum Gasteiger partial charge on any atom is -0.478 e. The maximum absolute atomic E-state index is 11.0. The monoisotopic (exact) mass is 278 g/mol. The molecule has 16 heavy (non-hydrogen) atoms. The van der Waals surface area contributed by atoms with Crippen molar-refractivity contribution in [1.82, 2.24) is 4.57 Å². The highest BCUT2D eigenvalue weighted by Crippen LogP contribution is 2.25. The lowest BCUT2D eigenvalue weighted by atomic mass is 10.2. The minimum atomic E-state index is -0.982. The van der Waals surface area contributed by atoms with E-state index in [9.17, 15) is 4.79 Å². The number of rotatable bonds is 2. The Morgan fingerprint density at radius 3 is 2.94 bits per heavy atom. The van der Waals surface area contributed by atoms with E-state index in [1.165, 1.54) is 6.20 Å². The van der Waals surface area contributed by atoms with Crippen molar-refractivity contribution < 1.29 is 9.90 Å². The summed E-state index contributed by atoms with van der Waals surface area (Å²) in [5, 5.41) is 18.3. The molecule has 2 aromatic rings. The molecule has 0 radical (unpaired) electrons. The van der Waals surface area contributed by atoms with Gasteiger partial charge in [0.05, 0.1) is 17.1 Å². The highest BCUT2D eigenvalue weighted by atomic mass is 79.9. The Hall–Kier alpha value is -1.80. The predicted molar refractivity (Wildman–Crippen MR) is 62.2 cm³/mol. The molecule has 0 atom stereocenters. The predicted octanol–water partition coefficient (Wildman–Crippen LogP) is 2.63. The molecule has 0 aliphatic rings. The van der Waals surface area contributed by atoms with Crippen molar-refractivity contribution in [3.05, 3.63) is 34.4 Å². The fourth-order valence-corrected chi connectivity index (χ4v) is 1.99. The molecular formula is C11H7BrN2O2. The van der Waals surface area contributed by atoms with E-state index >= 15 is 0 Å². The number of halogens is 1. The van der Waals surface area contributed by atoms with Crippen LogP contribution in [0.25, 0.3) is 10.9 Å². The molecule has 2 rings (SSSR count). The first kappa shape index (κ1) is 10.7. The van der Waals surface area contributed by atoms with Gasteiger partial charge in [0.2, 0.25) is 0 Å². The Labute approximate surface area is 99.8 Å². The fourth-order valence-electron chi connectivity index (χ4n) is 1.64. The summed E-state index contributed by atoms with van der Waals surface area (Å²) in [6, 6.07) is 7.32. The van der Waals surface area contributed by atoms with Crippen molar-refractivity contribution in [2.24, 2.45) is 0 Å². The summed E-state index contributed by atoms with van der Waals surface area (Å²) in [6.45, 7) is 0.139. The first-order valence-corrected chi connectivity index (χ1v) is 5.31. The summed E-state index contributed by atoms with van der Waals surface area (Å²) in [6.07, 6.45) is 1.49. The normalized spacial score (nSPS) is 10.2. The average molecular weight is 279 g/mol. The molecule has 1 heterocycles. The number of carboxylic acids is 1. The van der Waals surface area contributed by atoms with Gasteiger partial charge in [-0.05, 0) is 12.1 Å². The van der Waals surface area contributed by atoms with Gasteiger partial charge >= 0.3 is 5.97 Å². The van der Waals surface area contributed by atoms with Crippen molar-refractivity contribution in [2.45, 2.75) is 6.54 Å². The van der Waals surface area contributed by atoms with E-state index in [4.69, 9.17) is 10.4 Å². The van der Waals surface area contributed by atoms with E-state index in [1.807, 2.05) is 6.07 Å². The van der Waals surface area contributed by atoms with Crippen LogP contribution in [0.2, 0.25) is 0 Å². The summed E-state index contributed by atoms with van der Waals surface area (Å²) in [7, 11) is 0. The summed E-state index contributed by atoms with van der Waals surface area (Å²) < 4.78 is 2.48. The van der Waals surface area contributed by atoms with Gasteiger partial charge in [-0.1, -0.05) is 22.0 Å². The van der Waals surface area contributed by atoms with Crippen LogP contribution in [0.3, 0.4) is 0 Å². The third kappa shape index (κ3) is 1.68. The average Bonchev–Trinajstić information content (AvgIpc) is 2.58. The second-order valence-corrected chi connectivity index (χ2v) is 4.21. The van der Waals surface area contributed by atoms with Gasteiger partial charge in [-0.2, -0.15) is 5.26 Å². The molecule has 0 spiro atoms. The van der Waals surface area contributed by atoms with Crippen LogP contribution < -0.4 is 0 Å². The lowest BCUT2D eigenvalue weighted by Gasteiger charge is -1.98. The zero-order chi connectivity index (χ0) is 11.7. The quantitative estimate of drug-likeness (QED) is 0.918. The Kier molecular flexibility index (Phi) is 2.67. The molecule has 0 saturated carbocycles. The molecular weight excluding hydrogens is 272 g/mol. The zero-order valence-corrected chi connectivity index (χ0v) is 9.73. The number of carbonyl (C=O) groups is 1.